The molecule has 0 amide bonds. The van der Waals surface area contributed by atoms with Gasteiger partial charge in [-0.2, -0.15) is 0 Å². The van der Waals surface area contributed by atoms with Gasteiger partial charge in [-0.15, -0.1) is 0 Å². The van der Waals surface area contributed by atoms with Gasteiger partial charge in [0.15, 0.2) is 0 Å². The van der Waals surface area contributed by atoms with E-state index in [1.165, 1.54) is 21.5 Å². The van der Waals surface area contributed by atoms with Crippen LogP contribution in [0.2, 0.25) is 0 Å². The highest BCUT2D eigenvalue weighted by Gasteiger charge is 2.11. The first-order valence-electron chi connectivity index (χ1n) is 7.62. The van der Waals surface area contributed by atoms with Gasteiger partial charge in [-0.25, -0.2) is 0 Å². The molecule has 0 unspecified atom stereocenters. The number of hydrogen-bond donors (Lipinski definition) is 0. The molecule has 3 heteroatoms. The number of ether oxygens (including phenoxy) is 2. The van der Waals surface area contributed by atoms with Gasteiger partial charge in [-0.3, -0.25) is 0 Å². The largest absolute Gasteiger partial charge is 0.497 e. The highest BCUT2D eigenvalue weighted by Crippen LogP contribution is 2.17. The Hall–Kier alpha value is -2.26. The summed E-state index contributed by atoms with van der Waals surface area (Å²) in [5.74, 6) is 1.77. The predicted molar refractivity (Wildman–Crippen MR) is 103 cm³/mol. The number of rotatable bonds is 6. The van der Waals surface area contributed by atoms with Gasteiger partial charge < -0.3 is 9.47 Å². The summed E-state index contributed by atoms with van der Waals surface area (Å²) in [5, 5.41) is 2.65. The molecular formula is C20H24O2Si. The van der Waals surface area contributed by atoms with Crippen molar-refractivity contribution in [3.8, 4) is 11.5 Å². The predicted octanol–water partition coefficient (Wildman–Crippen LogP) is 2.89. The molecule has 23 heavy (non-hydrogen) atoms. The van der Waals surface area contributed by atoms with E-state index in [0.29, 0.717) is 0 Å². The summed E-state index contributed by atoms with van der Waals surface area (Å²) in [6.45, 7) is 12.3. The van der Waals surface area contributed by atoms with E-state index >= 15 is 0 Å². The van der Waals surface area contributed by atoms with Gasteiger partial charge in [0.05, 0.1) is 23.7 Å². The number of benzene rings is 2. The summed E-state index contributed by atoms with van der Waals surface area (Å²) < 4.78 is 10.8. The second kappa shape index (κ2) is 7.33. The molecule has 0 aliphatic heterocycles. The molecule has 0 saturated carbocycles. The van der Waals surface area contributed by atoms with Crippen LogP contribution in [0.1, 0.15) is 25.0 Å². The lowest BCUT2D eigenvalue weighted by atomic mass is 10.1. The fraction of sp³-hybridized carbons (Fsp3) is 0.200. The van der Waals surface area contributed by atoms with E-state index in [-0.39, 0.29) is 0 Å². The second-order valence-electron chi connectivity index (χ2n) is 5.78. The van der Waals surface area contributed by atoms with Gasteiger partial charge in [0, 0.05) is 0 Å². The van der Waals surface area contributed by atoms with Crippen LogP contribution in [0.5, 0.6) is 11.5 Å². The van der Waals surface area contributed by atoms with Gasteiger partial charge >= 0.3 is 0 Å². The van der Waals surface area contributed by atoms with Crippen molar-refractivity contribution in [1.82, 2.24) is 0 Å². The summed E-state index contributed by atoms with van der Waals surface area (Å²) in [6.07, 6.45) is 0. The van der Waals surface area contributed by atoms with Crippen molar-refractivity contribution in [3.63, 3.8) is 0 Å². The topological polar surface area (TPSA) is 18.5 Å². The van der Waals surface area contributed by atoms with Crippen molar-refractivity contribution >= 4 is 31.0 Å². The third-order valence-electron chi connectivity index (χ3n) is 3.93. The normalized spacial score (nSPS) is 10.3. The first kappa shape index (κ1) is 17.1. The number of allylic oxidation sites excluding steroid dienone is 2. The Morgan fingerprint density at radius 3 is 1.48 bits per heavy atom. The lowest BCUT2D eigenvalue weighted by Crippen LogP contribution is -2.32. The van der Waals surface area contributed by atoms with E-state index in [1.54, 1.807) is 14.2 Å². The molecule has 0 aromatic heterocycles. The molecule has 0 radical (unpaired) electrons. The average molecular weight is 324 g/mol. The fourth-order valence-corrected chi connectivity index (χ4v) is 4.96. The highest BCUT2D eigenvalue weighted by molar-refractivity contribution is 6.69. The molecule has 2 aromatic carbocycles. The summed E-state index contributed by atoms with van der Waals surface area (Å²) in [4.78, 5) is 0. The third kappa shape index (κ3) is 3.93. The maximum Gasteiger partial charge on any atom is 0.118 e. The minimum absolute atomic E-state index is 0.721. The van der Waals surface area contributed by atoms with Crippen LogP contribution in [0.4, 0.5) is 0 Å². The third-order valence-corrected chi connectivity index (χ3v) is 5.86. The van der Waals surface area contributed by atoms with Crippen molar-refractivity contribution < 1.29 is 9.47 Å². The van der Waals surface area contributed by atoms with Gasteiger partial charge in [0.2, 0.25) is 0 Å². The molecule has 0 saturated heterocycles. The van der Waals surface area contributed by atoms with Crippen LogP contribution < -0.4 is 19.8 Å². The van der Waals surface area contributed by atoms with Gasteiger partial charge in [-0.05, 0) is 49.2 Å². The molecule has 0 aliphatic rings. The molecule has 0 aliphatic carbocycles. The van der Waals surface area contributed by atoms with E-state index in [9.17, 15) is 0 Å². The maximum atomic E-state index is 5.40. The molecule has 0 bridgehead atoms. The Kier molecular flexibility index (Phi) is 5.45. The highest BCUT2D eigenvalue weighted by atomic mass is 28.2. The molecule has 0 N–H and O–H groups in total. The molecule has 2 aromatic rings. The minimum Gasteiger partial charge on any atom is -0.497 e. The Morgan fingerprint density at radius 2 is 1.17 bits per heavy atom. The van der Waals surface area contributed by atoms with E-state index in [0.717, 1.165) is 22.6 Å². The summed E-state index contributed by atoms with van der Waals surface area (Å²) in [7, 11) is 2.68. The Morgan fingerprint density at radius 1 is 0.783 bits per heavy atom. The quantitative estimate of drug-likeness (QED) is 0.761. The standard InChI is InChI=1S/C20H24O2Si/c1-13(2)17-9-7-15(21-5)11-19(17)23-20-12-16(22-6)8-10-18(20)14(3)4/h7-12H,1,3,23H2,2,4-6H3. The lowest BCUT2D eigenvalue weighted by Gasteiger charge is -2.15. The zero-order valence-corrected chi connectivity index (χ0v) is 15.8. The Bertz CT molecular complexity index is 684. The number of hydrogen-bond acceptors (Lipinski definition) is 2. The Labute approximate surface area is 141 Å². The first-order valence-corrected chi connectivity index (χ1v) is 9.03. The maximum absolute atomic E-state index is 5.40. The fourth-order valence-electron chi connectivity index (χ4n) is 2.72. The van der Waals surface area contributed by atoms with E-state index in [1.807, 2.05) is 26.0 Å². The van der Waals surface area contributed by atoms with E-state index < -0.39 is 9.52 Å². The van der Waals surface area contributed by atoms with E-state index in [2.05, 4.69) is 37.4 Å². The van der Waals surface area contributed by atoms with E-state index in [4.69, 9.17) is 9.47 Å². The van der Waals surface area contributed by atoms with Gasteiger partial charge in [0.25, 0.3) is 0 Å². The number of methoxy groups -OCH3 is 2. The van der Waals surface area contributed by atoms with Crippen LogP contribution >= 0.6 is 0 Å². The van der Waals surface area contributed by atoms with Crippen molar-refractivity contribution in [2.75, 3.05) is 14.2 Å². The summed E-state index contributed by atoms with van der Waals surface area (Å²) in [6, 6.07) is 12.5. The van der Waals surface area contributed by atoms with Crippen molar-refractivity contribution in [1.29, 1.82) is 0 Å². The monoisotopic (exact) mass is 324 g/mol. The Balaban J connectivity index is 2.53. The molecule has 0 atom stereocenters. The average Bonchev–Trinajstić information content (AvgIpc) is 2.54. The molecule has 0 heterocycles. The van der Waals surface area contributed by atoms with Crippen LogP contribution in [-0.2, 0) is 0 Å². The molecule has 2 rings (SSSR count). The SMILES string of the molecule is C=C(C)c1ccc(OC)cc1[SiH2]c1cc(OC)ccc1C(=C)C. The van der Waals surface area contributed by atoms with Crippen molar-refractivity contribution in [3.05, 3.63) is 60.7 Å². The zero-order chi connectivity index (χ0) is 17.0. The summed E-state index contributed by atoms with van der Waals surface area (Å²) in [5.41, 5.74) is 4.59. The zero-order valence-electron chi connectivity index (χ0n) is 14.4. The minimum atomic E-state index is -0.721. The van der Waals surface area contributed by atoms with Crippen molar-refractivity contribution in [2.24, 2.45) is 0 Å². The molecular weight excluding hydrogens is 300 g/mol. The summed E-state index contributed by atoms with van der Waals surface area (Å²) >= 11 is 0. The molecule has 0 fully saturated rings. The molecule has 120 valence electrons. The van der Waals surface area contributed by atoms with Crippen LogP contribution in [0, 0.1) is 0 Å². The van der Waals surface area contributed by atoms with Crippen LogP contribution in [0.3, 0.4) is 0 Å². The molecule has 2 nitrogen and oxygen atoms in total. The lowest BCUT2D eigenvalue weighted by molar-refractivity contribution is 0.415. The first-order chi connectivity index (χ1) is 11.0. The molecule has 0 spiro atoms. The smallest absolute Gasteiger partial charge is 0.118 e. The van der Waals surface area contributed by atoms with Crippen LogP contribution in [0.25, 0.3) is 11.1 Å². The van der Waals surface area contributed by atoms with Crippen LogP contribution in [0.15, 0.2) is 49.6 Å². The second-order valence-corrected chi connectivity index (χ2v) is 7.66. The van der Waals surface area contributed by atoms with Gasteiger partial charge in [-0.1, -0.05) is 46.8 Å². The van der Waals surface area contributed by atoms with Crippen LogP contribution in [-0.4, -0.2) is 23.7 Å². The van der Waals surface area contributed by atoms with Crippen molar-refractivity contribution in [2.45, 2.75) is 13.8 Å². The van der Waals surface area contributed by atoms with Gasteiger partial charge in [0.1, 0.15) is 11.5 Å².